The Kier molecular flexibility index (Phi) is 6.06. The predicted octanol–water partition coefficient (Wildman–Crippen LogP) is 1.20. The lowest BCUT2D eigenvalue weighted by atomic mass is 9.55. The average Bonchev–Trinajstić information content (AvgIpc) is 2.89. The van der Waals surface area contributed by atoms with Crippen LogP contribution in [0.25, 0.3) is 5.57 Å². The summed E-state index contributed by atoms with van der Waals surface area (Å²) in [4.78, 5) is 1.87. The highest BCUT2D eigenvalue weighted by molar-refractivity contribution is 6.99. The summed E-state index contributed by atoms with van der Waals surface area (Å²) < 4.78 is 14.2. The summed E-state index contributed by atoms with van der Waals surface area (Å²) in [6.45, 7) is 2.89. The van der Waals surface area contributed by atoms with Crippen LogP contribution in [0.4, 0.5) is 0 Å². The van der Waals surface area contributed by atoms with Gasteiger partial charge in [0.1, 0.15) is 21.4 Å². The number of unbranched alkanes of at least 4 members (excludes halogenated alkanes) is 2. The van der Waals surface area contributed by atoms with Gasteiger partial charge in [0.15, 0.2) is 0 Å². The third-order valence-electron chi connectivity index (χ3n) is 4.05. The lowest BCUT2D eigenvalue weighted by Gasteiger charge is -2.42. The van der Waals surface area contributed by atoms with Crippen molar-refractivity contribution in [2.75, 3.05) is 13.6 Å². The van der Waals surface area contributed by atoms with Crippen LogP contribution in [-0.2, 0) is 0 Å². The molecular weight excluding hydrogens is 301 g/mol. The van der Waals surface area contributed by atoms with E-state index in [1.807, 2.05) is 18.0 Å². The molecule has 0 atom stereocenters. The first-order valence-electron chi connectivity index (χ1n) is 7.87. The summed E-state index contributed by atoms with van der Waals surface area (Å²) in [7, 11) is 26.4. The summed E-state index contributed by atoms with van der Waals surface area (Å²) in [5.74, 6) is 0.290. The first kappa shape index (κ1) is 18.7. The Hall–Kier alpha value is -0.680. The normalized spacial score (nSPS) is 18.6. The standard InChI is InChI=1S/C14H19B4N3OS/c1-3-4-5-8-13(15,16)22-12-11(19-23-20-12)10-7-6-9-21(2)14(10,17)18/h7H,3-6,8-9H2,1-2H3. The summed E-state index contributed by atoms with van der Waals surface area (Å²) in [5.41, 5.74) is 1.20. The minimum atomic E-state index is -1.29. The van der Waals surface area contributed by atoms with Crippen LogP contribution in [0.3, 0.4) is 0 Å². The van der Waals surface area contributed by atoms with Crippen molar-refractivity contribution in [3.05, 3.63) is 11.8 Å². The maximum absolute atomic E-state index is 6.24. The van der Waals surface area contributed by atoms with Gasteiger partial charge in [-0.25, -0.2) is 0 Å². The van der Waals surface area contributed by atoms with Crippen LogP contribution in [-0.4, -0.2) is 69.4 Å². The Morgan fingerprint density at radius 2 is 2.09 bits per heavy atom. The maximum Gasteiger partial charge on any atom is 0.252 e. The smallest absolute Gasteiger partial charge is 0.252 e. The van der Waals surface area contributed by atoms with E-state index in [1.54, 1.807) is 0 Å². The molecule has 4 nitrogen and oxygen atoms in total. The van der Waals surface area contributed by atoms with Gasteiger partial charge >= 0.3 is 0 Å². The van der Waals surface area contributed by atoms with Crippen molar-refractivity contribution in [3.8, 4) is 5.88 Å². The second-order valence-corrected chi connectivity index (χ2v) is 6.61. The fraction of sp³-hybridized carbons (Fsp3) is 0.714. The van der Waals surface area contributed by atoms with E-state index in [0.29, 0.717) is 23.6 Å². The van der Waals surface area contributed by atoms with Gasteiger partial charge < -0.3 is 9.64 Å². The number of nitrogens with zero attached hydrogens (tertiary/aromatic N) is 3. The molecule has 114 valence electrons. The molecular formula is C14H19B4N3OS. The zero-order valence-electron chi connectivity index (χ0n) is 13.8. The molecule has 2 heterocycles. The molecule has 8 radical (unpaired) electrons. The van der Waals surface area contributed by atoms with E-state index in [9.17, 15) is 0 Å². The lowest BCUT2D eigenvalue weighted by Crippen LogP contribution is -2.51. The van der Waals surface area contributed by atoms with Crippen molar-refractivity contribution >= 4 is 48.7 Å². The Morgan fingerprint density at radius 3 is 2.78 bits per heavy atom. The van der Waals surface area contributed by atoms with Gasteiger partial charge in [-0.1, -0.05) is 32.3 Å². The van der Waals surface area contributed by atoms with Gasteiger partial charge in [-0.15, -0.1) is 4.37 Å². The molecule has 0 saturated heterocycles. The molecule has 0 spiro atoms. The molecule has 0 saturated carbocycles. The molecule has 1 aromatic heterocycles. The molecule has 0 fully saturated rings. The van der Waals surface area contributed by atoms with Crippen LogP contribution in [0.1, 0.15) is 44.7 Å². The van der Waals surface area contributed by atoms with Gasteiger partial charge in [-0.3, -0.25) is 0 Å². The third-order valence-corrected chi connectivity index (χ3v) is 4.56. The largest absolute Gasteiger partial charge is 0.489 e. The van der Waals surface area contributed by atoms with Crippen molar-refractivity contribution in [1.82, 2.24) is 13.6 Å². The second kappa shape index (κ2) is 7.47. The molecule has 23 heavy (non-hydrogen) atoms. The number of hydrogen-bond donors (Lipinski definition) is 0. The van der Waals surface area contributed by atoms with Crippen molar-refractivity contribution in [2.24, 2.45) is 0 Å². The lowest BCUT2D eigenvalue weighted by molar-refractivity contribution is 0.216. The van der Waals surface area contributed by atoms with Gasteiger partial charge in [-0.2, -0.15) is 4.37 Å². The molecule has 0 unspecified atom stereocenters. The van der Waals surface area contributed by atoms with Gasteiger partial charge in [0.2, 0.25) is 0 Å². The van der Waals surface area contributed by atoms with Crippen molar-refractivity contribution < 1.29 is 4.74 Å². The van der Waals surface area contributed by atoms with Crippen LogP contribution < -0.4 is 4.74 Å². The summed E-state index contributed by atoms with van der Waals surface area (Å²) in [6, 6.07) is 0. The quantitative estimate of drug-likeness (QED) is 0.559. The first-order valence-corrected chi connectivity index (χ1v) is 8.60. The topological polar surface area (TPSA) is 38.3 Å². The summed E-state index contributed by atoms with van der Waals surface area (Å²) in [6.07, 6.45) is 6.35. The molecule has 0 aromatic carbocycles. The first-order chi connectivity index (χ1) is 10.8. The number of hydrogen-bond acceptors (Lipinski definition) is 5. The molecule has 0 amide bonds. The second-order valence-electron chi connectivity index (χ2n) is 6.09. The average molecular weight is 321 g/mol. The van der Waals surface area contributed by atoms with E-state index in [2.05, 4.69) is 15.7 Å². The zero-order valence-corrected chi connectivity index (χ0v) is 14.6. The SMILES string of the molecule is [B]C([B])(CCCCC)Oc1nsnc1C1=CCCN(C)C1([B])[B]. The van der Waals surface area contributed by atoms with Crippen LogP contribution in [0.2, 0.25) is 0 Å². The van der Waals surface area contributed by atoms with Crippen molar-refractivity contribution in [2.45, 2.75) is 49.8 Å². The summed E-state index contributed by atoms with van der Waals surface area (Å²) in [5, 5.41) is -2.41. The fourth-order valence-electron chi connectivity index (χ4n) is 2.54. The third kappa shape index (κ3) is 4.44. The van der Waals surface area contributed by atoms with Crippen molar-refractivity contribution in [1.29, 1.82) is 0 Å². The van der Waals surface area contributed by atoms with E-state index in [-0.39, 0.29) is 0 Å². The summed E-state index contributed by atoms with van der Waals surface area (Å²) >= 11 is 1.02. The molecule has 1 aliphatic rings. The molecule has 1 aromatic rings. The number of aromatic nitrogens is 2. The van der Waals surface area contributed by atoms with E-state index < -0.39 is 10.7 Å². The molecule has 0 N–H and O–H groups in total. The minimum Gasteiger partial charge on any atom is -0.489 e. The molecule has 2 rings (SSSR count). The Morgan fingerprint density at radius 1 is 1.35 bits per heavy atom. The van der Waals surface area contributed by atoms with Crippen LogP contribution in [0, 0.1) is 0 Å². The number of rotatable bonds is 7. The van der Waals surface area contributed by atoms with Crippen LogP contribution in [0.15, 0.2) is 6.08 Å². The van der Waals surface area contributed by atoms with Gasteiger partial charge in [0, 0.05) is 11.9 Å². The minimum absolute atomic E-state index is 0.290. The highest BCUT2D eigenvalue weighted by atomic mass is 32.1. The van der Waals surface area contributed by atoms with Gasteiger partial charge in [0.25, 0.3) is 5.88 Å². The highest BCUT2D eigenvalue weighted by Crippen LogP contribution is 2.36. The Bertz CT molecular complexity index is 562. The van der Waals surface area contributed by atoms with Crippen LogP contribution >= 0.6 is 11.7 Å². The van der Waals surface area contributed by atoms with Gasteiger partial charge in [0.05, 0.1) is 27.4 Å². The van der Waals surface area contributed by atoms with E-state index in [4.69, 9.17) is 36.1 Å². The molecule has 9 heteroatoms. The molecule has 0 bridgehead atoms. The predicted molar refractivity (Wildman–Crippen MR) is 98.4 cm³/mol. The van der Waals surface area contributed by atoms with Gasteiger partial charge in [-0.05, 0) is 30.8 Å². The van der Waals surface area contributed by atoms with Crippen LogP contribution in [0.5, 0.6) is 5.88 Å². The van der Waals surface area contributed by atoms with Crippen molar-refractivity contribution in [3.63, 3.8) is 0 Å². The zero-order chi connectivity index (χ0) is 17.1. The van der Waals surface area contributed by atoms with E-state index in [1.165, 1.54) is 0 Å². The molecule has 1 aliphatic heterocycles. The maximum atomic E-state index is 6.24. The Labute approximate surface area is 148 Å². The number of ether oxygens (including phenoxy) is 1. The highest BCUT2D eigenvalue weighted by Gasteiger charge is 2.34. The van der Waals surface area contributed by atoms with E-state index in [0.717, 1.165) is 44.0 Å². The van der Waals surface area contributed by atoms with E-state index >= 15 is 0 Å². The number of likely N-dealkylation sites (N-methyl/N-ethyl adjacent to an activating group) is 1. The monoisotopic (exact) mass is 321 g/mol. The Balaban J connectivity index is 2.18. The fourth-order valence-corrected chi connectivity index (χ4v) is 3.03. The molecule has 0 aliphatic carbocycles.